The van der Waals surface area contributed by atoms with Gasteiger partial charge < -0.3 is 34.0 Å². The zero-order chi connectivity index (χ0) is 10.9. The van der Waals surface area contributed by atoms with Gasteiger partial charge in [0, 0.05) is 12.3 Å². The predicted molar refractivity (Wildman–Crippen MR) is 55.1 cm³/mol. The van der Waals surface area contributed by atoms with Crippen LogP contribution in [0, 0.1) is 5.92 Å². The van der Waals surface area contributed by atoms with E-state index in [-0.39, 0.29) is 45.9 Å². The Hall–Kier alpha value is 0.0600. The predicted octanol–water partition coefficient (Wildman–Crippen LogP) is -5.46. The van der Waals surface area contributed by atoms with E-state index in [1.165, 1.54) is 19.3 Å². The van der Waals surface area contributed by atoms with E-state index in [4.69, 9.17) is 0 Å². The number of rotatable bonds is 2. The van der Waals surface area contributed by atoms with E-state index >= 15 is 0 Å². The van der Waals surface area contributed by atoms with E-state index in [1.807, 2.05) is 6.92 Å². The summed E-state index contributed by atoms with van der Waals surface area (Å²) < 4.78 is 0. The van der Waals surface area contributed by atoms with Crippen molar-refractivity contribution < 1.29 is 48.9 Å². The van der Waals surface area contributed by atoms with E-state index in [0.29, 0.717) is 5.92 Å². The molecule has 2 aliphatic rings. The second kappa shape index (κ2) is 6.85. The molecule has 1 aliphatic carbocycles. The first-order valence-electron chi connectivity index (χ1n) is 5.90. The van der Waals surface area contributed by atoms with Crippen molar-refractivity contribution in [3.05, 3.63) is 0 Å². The maximum atomic E-state index is 11.9. The van der Waals surface area contributed by atoms with Crippen molar-refractivity contribution in [3.8, 4) is 0 Å². The van der Waals surface area contributed by atoms with E-state index in [1.54, 1.807) is 5.32 Å². The smallest absolute Gasteiger partial charge is 0.420 e. The Bertz CT molecular complexity index is 293. The molecule has 1 heterocycles. The molecule has 4 nitrogen and oxygen atoms in total. The Morgan fingerprint density at radius 3 is 2.24 bits per heavy atom. The summed E-state index contributed by atoms with van der Waals surface area (Å²) in [5, 5.41) is 4.05. The first-order valence-corrected chi connectivity index (χ1v) is 5.90. The van der Waals surface area contributed by atoms with Crippen molar-refractivity contribution in [1.82, 2.24) is 5.32 Å². The van der Waals surface area contributed by atoms with Crippen LogP contribution < -0.4 is 44.6 Å². The highest BCUT2D eigenvalue weighted by atomic mass is 79.9. The highest BCUT2D eigenvalue weighted by Crippen LogP contribution is 2.33. The number of nitrogens with two attached hydrogens (primary N) is 1. The average Bonchev–Trinajstić information content (AvgIpc) is 2.56. The minimum atomic E-state index is -0.489. The Morgan fingerprint density at radius 1 is 1.24 bits per heavy atom. The van der Waals surface area contributed by atoms with Crippen LogP contribution in [0.15, 0.2) is 0 Å². The molecule has 0 bridgehead atoms. The van der Waals surface area contributed by atoms with Gasteiger partial charge in [0.05, 0.1) is 0 Å². The molecular formula is C11H19Br2N2O2-. The quantitative estimate of drug-likeness (QED) is 0.476. The molecule has 2 fully saturated rings. The molecule has 1 atom stereocenters. The second-order valence-electron chi connectivity index (χ2n) is 4.69. The van der Waals surface area contributed by atoms with Gasteiger partial charge in [0.25, 0.3) is 5.91 Å². The van der Waals surface area contributed by atoms with Crippen LogP contribution in [0.4, 0.5) is 4.79 Å². The van der Waals surface area contributed by atoms with Gasteiger partial charge in [0.2, 0.25) is 0 Å². The number of primary amides is 1. The van der Waals surface area contributed by atoms with E-state index < -0.39 is 5.54 Å². The van der Waals surface area contributed by atoms with E-state index in [0.717, 1.165) is 19.3 Å². The first-order chi connectivity index (χ1) is 7.19. The van der Waals surface area contributed by atoms with Crippen molar-refractivity contribution in [3.63, 3.8) is 0 Å². The number of quaternary nitrogens is 1. The summed E-state index contributed by atoms with van der Waals surface area (Å²) in [5.74, 6) is 0.310. The van der Waals surface area contributed by atoms with Gasteiger partial charge in [-0.1, -0.05) is 26.2 Å². The normalized spacial score (nSPS) is 29.2. The minimum Gasteiger partial charge on any atom is -1.00 e. The number of amides is 3. The molecular weight excluding hydrogens is 352 g/mol. The lowest BCUT2D eigenvalue weighted by atomic mass is 9.73. The van der Waals surface area contributed by atoms with Gasteiger partial charge in [-0.2, -0.15) is 0 Å². The number of carbonyl (C=O) groups is 2. The number of hydrogen-bond donors (Lipinski definition) is 2. The fourth-order valence-corrected chi connectivity index (χ4v) is 3.04. The molecule has 0 radical (unpaired) electrons. The van der Waals surface area contributed by atoms with Crippen LogP contribution in [0.1, 0.15) is 45.4 Å². The number of urea groups is 1. The van der Waals surface area contributed by atoms with Gasteiger partial charge in [-0.25, -0.2) is 15.4 Å². The Labute approximate surface area is 123 Å². The molecule has 1 unspecified atom stereocenters. The van der Waals surface area contributed by atoms with Crippen LogP contribution in [-0.4, -0.2) is 17.5 Å². The van der Waals surface area contributed by atoms with Crippen LogP contribution >= 0.6 is 0 Å². The standard InChI is InChI=1S/C11H18N2O2.2BrH/c1-2-11(8-6-4-3-5-7-8)9(14)12-10(15)13-11;;/h8H,2-7H2,1H3,(H2,12,13,14,15);2*1H/p-1. The van der Waals surface area contributed by atoms with Crippen LogP contribution in [0.2, 0.25) is 0 Å². The molecule has 1 saturated heterocycles. The lowest BCUT2D eigenvalue weighted by molar-refractivity contribution is -0.622. The molecule has 1 aliphatic heterocycles. The summed E-state index contributed by atoms with van der Waals surface area (Å²) in [5.41, 5.74) is -0.489. The summed E-state index contributed by atoms with van der Waals surface area (Å²) in [6.07, 6.45) is 6.58. The van der Waals surface area contributed by atoms with Gasteiger partial charge in [0.1, 0.15) is 0 Å². The van der Waals surface area contributed by atoms with Gasteiger partial charge >= 0.3 is 6.03 Å². The summed E-state index contributed by atoms with van der Waals surface area (Å²) >= 11 is 0. The van der Waals surface area contributed by atoms with Gasteiger partial charge in [-0.3, -0.25) is 4.79 Å². The second-order valence-corrected chi connectivity index (χ2v) is 4.69. The fourth-order valence-electron chi connectivity index (χ4n) is 3.04. The Morgan fingerprint density at radius 2 is 1.82 bits per heavy atom. The Kier molecular flexibility index (Phi) is 6.87. The molecule has 100 valence electrons. The third kappa shape index (κ3) is 3.09. The fraction of sp³-hybridized carbons (Fsp3) is 0.818. The Balaban J connectivity index is 0.00000128. The van der Waals surface area contributed by atoms with Crippen LogP contribution in [0.5, 0.6) is 0 Å². The van der Waals surface area contributed by atoms with Gasteiger partial charge in [-0.05, 0) is 12.8 Å². The summed E-state index contributed by atoms with van der Waals surface area (Å²) in [6.45, 7) is 2.00. The number of halogens is 2. The van der Waals surface area contributed by atoms with Crippen LogP contribution in [-0.2, 0) is 4.79 Å². The molecule has 17 heavy (non-hydrogen) atoms. The monoisotopic (exact) mass is 369 g/mol. The van der Waals surface area contributed by atoms with Crippen molar-refractivity contribution in [2.45, 2.75) is 51.0 Å². The van der Waals surface area contributed by atoms with Crippen LogP contribution in [0.25, 0.3) is 0 Å². The lowest BCUT2D eigenvalue weighted by Gasteiger charge is -2.32. The van der Waals surface area contributed by atoms with Crippen LogP contribution in [0.3, 0.4) is 0 Å². The topological polar surface area (TPSA) is 62.8 Å². The molecule has 6 heteroatoms. The maximum absolute atomic E-state index is 11.9. The third-order valence-corrected chi connectivity index (χ3v) is 3.97. The van der Waals surface area contributed by atoms with Crippen molar-refractivity contribution >= 4 is 11.9 Å². The molecule has 3 amide bonds. The SMILES string of the molecule is CCC1(C2CCCCC2)[NH2+]C(=O)NC1=O.[Br-].[Br-]. The molecule has 0 aromatic rings. The summed E-state index contributed by atoms with van der Waals surface area (Å²) in [4.78, 5) is 23.2. The molecule has 0 aromatic heterocycles. The molecule has 3 N–H and O–H groups in total. The van der Waals surface area contributed by atoms with Gasteiger partial charge in [0.15, 0.2) is 5.54 Å². The first kappa shape index (κ1) is 17.1. The summed E-state index contributed by atoms with van der Waals surface area (Å²) in [7, 11) is 0. The average molecular weight is 371 g/mol. The number of carbonyl (C=O) groups excluding carboxylic acids is 2. The zero-order valence-electron chi connectivity index (χ0n) is 9.97. The van der Waals surface area contributed by atoms with E-state index in [2.05, 4.69) is 5.32 Å². The number of imide groups is 1. The largest absolute Gasteiger partial charge is 1.00 e. The highest BCUT2D eigenvalue weighted by molar-refractivity contribution is 6.00. The molecule has 2 rings (SSSR count). The minimum absolute atomic E-state index is 0. The molecule has 1 saturated carbocycles. The van der Waals surface area contributed by atoms with Crippen molar-refractivity contribution in [2.75, 3.05) is 0 Å². The summed E-state index contributed by atoms with van der Waals surface area (Å²) in [6, 6.07) is -0.201. The number of hydrogen-bond acceptors (Lipinski definition) is 2. The van der Waals surface area contributed by atoms with Crippen molar-refractivity contribution in [2.24, 2.45) is 5.92 Å². The third-order valence-electron chi connectivity index (χ3n) is 3.97. The van der Waals surface area contributed by atoms with E-state index in [9.17, 15) is 9.59 Å². The van der Waals surface area contributed by atoms with Crippen molar-refractivity contribution in [1.29, 1.82) is 0 Å². The number of nitrogens with one attached hydrogen (secondary N) is 1. The van der Waals surface area contributed by atoms with Gasteiger partial charge in [-0.15, -0.1) is 0 Å². The highest BCUT2D eigenvalue weighted by Gasteiger charge is 2.54. The zero-order valence-corrected chi connectivity index (χ0v) is 13.1. The molecule has 0 spiro atoms. The maximum Gasteiger partial charge on any atom is 0.420 e. The lowest BCUT2D eigenvalue weighted by Crippen LogP contribution is -3.00. The molecule has 0 aromatic carbocycles.